The predicted molar refractivity (Wildman–Crippen MR) is 107 cm³/mol. The topological polar surface area (TPSA) is 59.9 Å². The average Bonchev–Trinajstić information content (AvgIpc) is 2.75. The lowest BCUT2D eigenvalue weighted by Crippen LogP contribution is -2.16. The molecule has 150 valence electrons. The van der Waals surface area contributed by atoms with Gasteiger partial charge in [-0.15, -0.1) is 13.2 Å². The Balaban J connectivity index is 1.67. The van der Waals surface area contributed by atoms with E-state index in [2.05, 4.69) is 25.0 Å². The molecule has 0 fully saturated rings. The fraction of sp³-hybridized carbons (Fsp3) is 0.0455. The van der Waals surface area contributed by atoms with Crippen molar-refractivity contribution < 1.29 is 17.9 Å². The Kier molecular flexibility index (Phi) is 5.30. The molecule has 0 saturated carbocycles. The minimum Gasteiger partial charge on any atom is -0.406 e. The van der Waals surface area contributed by atoms with E-state index in [9.17, 15) is 13.2 Å². The largest absolute Gasteiger partial charge is 0.573 e. The van der Waals surface area contributed by atoms with Gasteiger partial charge in [0.1, 0.15) is 11.6 Å². The van der Waals surface area contributed by atoms with Crippen LogP contribution < -0.4 is 10.1 Å². The number of aromatic nitrogens is 3. The molecule has 5 nitrogen and oxygen atoms in total. The number of nitrogens with zero attached hydrogens (tertiary/aromatic N) is 3. The van der Waals surface area contributed by atoms with Crippen LogP contribution in [0.5, 0.6) is 5.75 Å². The monoisotopic (exact) mass is 408 g/mol. The third kappa shape index (κ3) is 4.91. The lowest BCUT2D eigenvalue weighted by molar-refractivity contribution is -0.274. The molecule has 1 N–H and O–H groups in total. The second-order valence-electron chi connectivity index (χ2n) is 6.27. The van der Waals surface area contributed by atoms with Crippen LogP contribution >= 0.6 is 0 Å². The summed E-state index contributed by atoms with van der Waals surface area (Å²) in [5.74, 6) is 0.674. The van der Waals surface area contributed by atoms with E-state index in [1.807, 2.05) is 36.4 Å². The van der Waals surface area contributed by atoms with Gasteiger partial charge in [-0.25, -0.2) is 9.97 Å². The van der Waals surface area contributed by atoms with E-state index in [1.165, 1.54) is 24.3 Å². The maximum atomic E-state index is 12.3. The average molecular weight is 408 g/mol. The zero-order valence-corrected chi connectivity index (χ0v) is 15.5. The zero-order valence-electron chi connectivity index (χ0n) is 15.5. The van der Waals surface area contributed by atoms with Gasteiger partial charge in [-0.05, 0) is 36.4 Å². The number of nitrogens with one attached hydrogen (secondary N) is 1. The lowest BCUT2D eigenvalue weighted by atomic mass is 10.1. The summed E-state index contributed by atoms with van der Waals surface area (Å²) in [5, 5.41) is 3.11. The van der Waals surface area contributed by atoms with Gasteiger partial charge in [0.25, 0.3) is 0 Å². The Morgan fingerprint density at radius 3 is 2.20 bits per heavy atom. The number of hydrogen-bond acceptors (Lipinski definition) is 5. The lowest BCUT2D eigenvalue weighted by Gasteiger charge is -2.12. The maximum absolute atomic E-state index is 12.3. The van der Waals surface area contributed by atoms with Crippen LogP contribution in [0.15, 0.2) is 85.2 Å². The van der Waals surface area contributed by atoms with Gasteiger partial charge in [-0.2, -0.15) is 0 Å². The first-order valence-electron chi connectivity index (χ1n) is 8.94. The van der Waals surface area contributed by atoms with Gasteiger partial charge in [0.2, 0.25) is 0 Å². The SMILES string of the molecule is FC(F)(F)Oc1ccc(Nc2cc(-c3ccccc3)nc(-c3cccnc3)n2)cc1. The minimum atomic E-state index is -4.73. The number of alkyl halides is 3. The Hall–Kier alpha value is -3.94. The van der Waals surface area contributed by atoms with Gasteiger partial charge in [0.05, 0.1) is 5.69 Å². The summed E-state index contributed by atoms with van der Waals surface area (Å²) < 4.78 is 40.9. The fourth-order valence-corrected chi connectivity index (χ4v) is 2.78. The van der Waals surface area contributed by atoms with E-state index >= 15 is 0 Å². The molecule has 2 heterocycles. The molecule has 0 saturated heterocycles. The van der Waals surface area contributed by atoms with Gasteiger partial charge < -0.3 is 10.1 Å². The Morgan fingerprint density at radius 1 is 0.800 bits per heavy atom. The van der Waals surface area contributed by atoms with Crippen molar-refractivity contribution in [2.24, 2.45) is 0 Å². The molecule has 0 aliphatic heterocycles. The van der Waals surface area contributed by atoms with Crippen molar-refractivity contribution in [1.82, 2.24) is 15.0 Å². The second kappa shape index (κ2) is 8.20. The number of pyridine rings is 1. The van der Waals surface area contributed by atoms with Crippen LogP contribution in [0.1, 0.15) is 0 Å². The Bertz CT molecular complexity index is 1060. The van der Waals surface area contributed by atoms with Gasteiger partial charge in [0.15, 0.2) is 5.82 Å². The van der Waals surface area contributed by atoms with E-state index in [4.69, 9.17) is 0 Å². The van der Waals surface area contributed by atoms with Crippen LogP contribution in [0.25, 0.3) is 22.6 Å². The Morgan fingerprint density at radius 2 is 1.53 bits per heavy atom. The molecule has 0 bridgehead atoms. The van der Waals surface area contributed by atoms with Crippen molar-refractivity contribution in [3.8, 4) is 28.4 Å². The van der Waals surface area contributed by atoms with Crippen molar-refractivity contribution >= 4 is 11.5 Å². The van der Waals surface area contributed by atoms with Crippen LogP contribution in [-0.4, -0.2) is 21.3 Å². The summed E-state index contributed by atoms with van der Waals surface area (Å²) in [6, 6.07) is 20.4. The van der Waals surface area contributed by atoms with Gasteiger partial charge in [-0.3, -0.25) is 4.98 Å². The standard InChI is InChI=1S/C22H15F3N4O/c23-22(24,25)30-18-10-8-17(9-11-18)27-20-13-19(15-5-2-1-3-6-15)28-21(29-20)16-7-4-12-26-14-16/h1-14H,(H,27,28,29). The second-order valence-corrected chi connectivity index (χ2v) is 6.27. The summed E-state index contributed by atoms with van der Waals surface area (Å²) >= 11 is 0. The molecule has 30 heavy (non-hydrogen) atoms. The number of halogens is 3. The number of anilines is 2. The van der Waals surface area contributed by atoms with Gasteiger partial charge in [0, 0.05) is 35.3 Å². The van der Waals surface area contributed by atoms with E-state index in [0.717, 1.165) is 11.1 Å². The molecule has 0 spiro atoms. The van der Waals surface area contributed by atoms with E-state index in [-0.39, 0.29) is 5.75 Å². The molecule has 0 atom stereocenters. The van der Waals surface area contributed by atoms with Crippen LogP contribution in [0.2, 0.25) is 0 Å². The van der Waals surface area contributed by atoms with Gasteiger partial charge >= 0.3 is 6.36 Å². The highest BCUT2D eigenvalue weighted by Gasteiger charge is 2.30. The van der Waals surface area contributed by atoms with E-state index < -0.39 is 6.36 Å². The normalized spacial score (nSPS) is 11.2. The molecule has 2 aromatic heterocycles. The molecule has 0 radical (unpaired) electrons. The van der Waals surface area contributed by atoms with Crippen molar-refractivity contribution in [3.63, 3.8) is 0 Å². The van der Waals surface area contributed by atoms with Crippen molar-refractivity contribution in [3.05, 3.63) is 85.2 Å². The molecule has 4 aromatic rings. The minimum absolute atomic E-state index is 0.295. The number of ether oxygens (including phenoxy) is 1. The first-order valence-corrected chi connectivity index (χ1v) is 8.94. The van der Waals surface area contributed by atoms with Crippen molar-refractivity contribution in [2.45, 2.75) is 6.36 Å². The summed E-state index contributed by atoms with van der Waals surface area (Å²) in [4.78, 5) is 13.3. The zero-order chi connectivity index (χ0) is 21.0. The van der Waals surface area contributed by atoms with Crippen molar-refractivity contribution in [1.29, 1.82) is 0 Å². The highest BCUT2D eigenvalue weighted by Crippen LogP contribution is 2.28. The molecule has 4 rings (SSSR count). The summed E-state index contributed by atoms with van der Waals surface area (Å²) in [5.41, 5.74) is 2.90. The van der Waals surface area contributed by atoms with Crippen molar-refractivity contribution in [2.75, 3.05) is 5.32 Å². The third-order valence-electron chi connectivity index (χ3n) is 4.08. The summed E-state index contributed by atoms with van der Waals surface area (Å²) in [6.45, 7) is 0. The van der Waals surface area contributed by atoms with E-state index in [1.54, 1.807) is 24.5 Å². The molecule has 0 aliphatic carbocycles. The quantitative estimate of drug-likeness (QED) is 0.449. The Labute approximate surface area is 170 Å². The molecule has 0 unspecified atom stereocenters. The molecule has 0 amide bonds. The molecule has 2 aromatic carbocycles. The van der Waals surface area contributed by atoms with E-state index in [0.29, 0.717) is 23.0 Å². The van der Waals surface area contributed by atoms with Crippen LogP contribution in [0.3, 0.4) is 0 Å². The summed E-state index contributed by atoms with van der Waals surface area (Å²) in [6.07, 6.45) is -1.41. The third-order valence-corrected chi connectivity index (χ3v) is 4.08. The number of rotatable bonds is 5. The molecular weight excluding hydrogens is 393 g/mol. The number of benzene rings is 2. The molecule has 0 aliphatic rings. The first-order chi connectivity index (χ1) is 14.5. The first kappa shape index (κ1) is 19.4. The smallest absolute Gasteiger partial charge is 0.406 e. The number of hydrogen-bond donors (Lipinski definition) is 1. The highest BCUT2D eigenvalue weighted by atomic mass is 19.4. The van der Waals surface area contributed by atoms with Crippen LogP contribution in [0.4, 0.5) is 24.7 Å². The maximum Gasteiger partial charge on any atom is 0.573 e. The fourth-order valence-electron chi connectivity index (χ4n) is 2.78. The van der Waals surface area contributed by atoms with Crippen LogP contribution in [0, 0.1) is 0 Å². The predicted octanol–water partition coefficient (Wildman–Crippen LogP) is 5.85. The van der Waals surface area contributed by atoms with Gasteiger partial charge in [-0.1, -0.05) is 30.3 Å². The molecule has 8 heteroatoms. The highest BCUT2D eigenvalue weighted by molar-refractivity contribution is 5.69. The molecular formula is C22H15F3N4O. The van der Waals surface area contributed by atoms with Crippen LogP contribution in [-0.2, 0) is 0 Å². The summed E-state index contributed by atoms with van der Waals surface area (Å²) in [7, 11) is 0.